The lowest BCUT2D eigenvalue weighted by atomic mass is 9.99. The molecule has 1 atom stereocenters. The standard InChI is InChI=1S/C15H21F3N2O2/c1-21-13-5-3-4-11(14(13)22-2)12(10-15(16,17)18)20-8-6-19-7-9-20/h3-5,12,19H,6-10H2,1-2H3/t12-/m1/s1. The van der Waals surface area contributed by atoms with Crippen LogP contribution >= 0.6 is 0 Å². The molecule has 1 aliphatic heterocycles. The number of nitrogens with zero attached hydrogens (tertiary/aromatic N) is 1. The lowest BCUT2D eigenvalue weighted by Crippen LogP contribution is -2.46. The fourth-order valence-electron chi connectivity index (χ4n) is 2.82. The van der Waals surface area contributed by atoms with Crippen molar-refractivity contribution in [2.24, 2.45) is 0 Å². The van der Waals surface area contributed by atoms with Gasteiger partial charge < -0.3 is 14.8 Å². The van der Waals surface area contributed by atoms with Crippen molar-refractivity contribution in [2.45, 2.75) is 18.6 Å². The zero-order valence-corrected chi connectivity index (χ0v) is 12.7. The highest BCUT2D eigenvalue weighted by molar-refractivity contribution is 5.48. The second kappa shape index (κ2) is 7.19. The summed E-state index contributed by atoms with van der Waals surface area (Å²) in [6.45, 7) is 2.50. The minimum absolute atomic E-state index is 0.373. The van der Waals surface area contributed by atoms with Crippen LogP contribution in [0.4, 0.5) is 13.2 Å². The van der Waals surface area contributed by atoms with E-state index in [9.17, 15) is 13.2 Å². The highest BCUT2D eigenvalue weighted by Gasteiger charge is 2.37. The topological polar surface area (TPSA) is 33.7 Å². The molecule has 0 bridgehead atoms. The second-order valence-electron chi connectivity index (χ2n) is 5.20. The molecular weight excluding hydrogens is 297 g/mol. The summed E-state index contributed by atoms with van der Waals surface area (Å²) >= 11 is 0. The van der Waals surface area contributed by atoms with E-state index in [2.05, 4.69) is 5.32 Å². The molecule has 0 unspecified atom stereocenters. The van der Waals surface area contributed by atoms with Gasteiger partial charge in [0.05, 0.1) is 20.6 Å². The smallest absolute Gasteiger partial charge is 0.390 e. The van der Waals surface area contributed by atoms with Gasteiger partial charge >= 0.3 is 6.18 Å². The Morgan fingerprint density at radius 2 is 1.86 bits per heavy atom. The molecule has 0 aromatic heterocycles. The molecule has 0 amide bonds. The Bertz CT molecular complexity index is 488. The summed E-state index contributed by atoms with van der Waals surface area (Å²) in [7, 11) is 2.93. The molecule has 1 aromatic carbocycles. The lowest BCUT2D eigenvalue weighted by Gasteiger charge is -2.36. The molecule has 1 heterocycles. The van der Waals surface area contributed by atoms with Gasteiger partial charge in [-0.25, -0.2) is 0 Å². The van der Waals surface area contributed by atoms with Gasteiger partial charge in [-0.2, -0.15) is 13.2 Å². The Kier molecular flexibility index (Phi) is 5.52. The van der Waals surface area contributed by atoms with Gasteiger partial charge in [-0.3, -0.25) is 4.90 Å². The van der Waals surface area contributed by atoms with Crippen molar-refractivity contribution in [3.8, 4) is 11.5 Å². The minimum atomic E-state index is -4.25. The molecule has 4 nitrogen and oxygen atoms in total. The van der Waals surface area contributed by atoms with Crippen LogP contribution in [-0.2, 0) is 0 Å². The van der Waals surface area contributed by atoms with Crippen molar-refractivity contribution in [2.75, 3.05) is 40.4 Å². The number of para-hydroxylation sites is 1. The maximum absolute atomic E-state index is 13.1. The molecule has 124 valence electrons. The molecule has 22 heavy (non-hydrogen) atoms. The van der Waals surface area contributed by atoms with E-state index in [-0.39, 0.29) is 0 Å². The Labute approximate surface area is 128 Å². The minimum Gasteiger partial charge on any atom is -0.493 e. The van der Waals surface area contributed by atoms with Crippen molar-refractivity contribution < 1.29 is 22.6 Å². The quantitative estimate of drug-likeness (QED) is 0.905. The number of hydrogen-bond acceptors (Lipinski definition) is 4. The number of hydrogen-bond donors (Lipinski definition) is 1. The number of rotatable bonds is 5. The number of methoxy groups -OCH3 is 2. The van der Waals surface area contributed by atoms with E-state index in [1.165, 1.54) is 14.2 Å². The molecule has 1 aromatic rings. The van der Waals surface area contributed by atoms with Gasteiger partial charge in [-0.15, -0.1) is 0 Å². The molecule has 0 saturated carbocycles. The Morgan fingerprint density at radius 3 is 2.41 bits per heavy atom. The molecular formula is C15H21F3N2O2. The highest BCUT2D eigenvalue weighted by atomic mass is 19.4. The number of benzene rings is 1. The first-order valence-electron chi connectivity index (χ1n) is 7.18. The molecule has 0 radical (unpaired) electrons. The number of nitrogens with one attached hydrogen (secondary N) is 1. The van der Waals surface area contributed by atoms with Gasteiger partial charge in [0.1, 0.15) is 0 Å². The van der Waals surface area contributed by atoms with Crippen LogP contribution < -0.4 is 14.8 Å². The van der Waals surface area contributed by atoms with Crippen LogP contribution in [0.1, 0.15) is 18.0 Å². The van der Waals surface area contributed by atoms with E-state index < -0.39 is 18.6 Å². The molecule has 1 saturated heterocycles. The van der Waals surface area contributed by atoms with Crippen LogP contribution in [0.5, 0.6) is 11.5 Å². The fourth-order valence-corrected chi connectivity index (χ4v) is 2.82. The van der Waals surface area contributed by atoms with Crippen molar-refractivity contribution in [3.63, 3.8) is 0 Å². The zero-order valence-electron chi connectivity index (χ0n) is 12.7. The van der Waals surface area contributed by atoms with Crippen molar-refractivity contribution in [1.82, 2.24) is 10.2 Å². The molecule has 7 heteroatoms. The summed E-state index contributed by atoms with van der Waals surface area (Å²) in [5.41, 5.74) is 0.515. The molecule has 2 rings (SSSR count). The van der Waals surface area contributed by atoms with E-state index in [1.54, 1.807) is 18.2 Å². The molecule has 1 aliphatic rings. The van der Waals surface area contributed by atoms with Gasteiger partial charge in [-0.05, 0) is 6.07 Å². The predicted molar refractivity (Wildman–Crippen MR) is 77.4 cm³/mol. The molecule has 0 aliphatic carbocycles. The number of alkyl halides is 3. The van der Waals surface area contributed by atoms with Gasteiger partial charge in [0, 0.05) is 37.8 Å². The summed E-state index contributed by atoms with van der Waals surface area (Å²) in [6.07, 6.45) is -5.15. The number of piperazine rings is 1. The Morgan fingerprint density at radius 1 is 1.18 bits per heavy atom. The van der Waals surface area contributed by atoms with Gasteiger partial charge in [0.25, 0.3) is 0 Å². The Balaban J connectivity index is 2.39. The summed E-state index contributed by atoms with van der Waals surface area (Å²) in [5, 5.41) is 3.16. The van der Waals surface area contributed by atoms with Crippen molar-refractivity contribution in [3.05, 3.63) is 23.8 Å². The second-order valence-corrected chi connectivity index (χ2v) is 5.20. The van der Waals surface area contributed by atoms with Crippen LogP contribution in [0.25, 0.3) is 0 Å². The fraction of sp³-hybridized carbons (Fsp3) is 0.600. The summed E-state index contributed by atoms with van der Waals surface area (Å²) in [5.74, 6) is 0.820. The summed E-state index contributed by atoms with van der Waals surface area (Å²) in [4.78, 5) is 1.85. The third-order valence-corrected chi connectivity index (χ3v) is 3.81. The first-order chi connectivity index (χ1) is 10.5. The molecule has 0 spiro atoms. The largest absolute Gasteiger partial charge is 0.493 e. The average molecular weight is 318 g/mol. The summed E-state index contributed by atoms with van der Waals surface area (Å²) in [6, 6.07) is 4.29. The van der Waals surface area contributed by atoms with E-state index in [1.807, 2.05) is 4.90 Å². The zero-order chi connectivity index (χ0) is 16.2. The maximum atomic E-state index is 13.1. The monoisotopic (exact) mass is 318 g/mol. The predicted octanol–water partition coefficient (Wildman–Crippen LogP) is 2.60. The first-order valence-corrected chi connectivity index (χ1v) is 7.18. The van der Waals surface area contributed by atoms with E-state index in [4.69, 9.17) is 9.47 Å². The van der Waals surface area contributed by atoms with Gasteiger partial charge in [-0.1, -0.05) is 12.1 Å². The first kappa shape index (κ1) is 16.9. The SMILES string of the molecule is COc1cccc([C@@H](CC(F)(F)F)N2CCNCC2)c1OC. The third-order valence-electron chi connectivity index (χ3n) is 3.81. The lowest BCUT2D eigenvalue weighted by molar-refractivity contribution is -0.148. The van der Waals surface area contributed by atoms with E-state index >= 15 is 0 Å². The highest BCUT2D eigenvalue weighted by Crippen LogP contribution is 2.41. The average Bonchev–Trinajstić information content (AvgIpc) is 2.51. The van der Waals surface area contributed by atoms with Crippen LogP contribution in [0.3, 0.4) is 0 Å². The maximum Gasteiger partial charge on any atom is 0.390 e. The Hall–Kier alpha value is -1.47. The third kappa shape index (κ3) is 4.04. The van der Waals surface area contributed by atoms with Gasteiger partial charge in [0.2, 0.25) is 0 Å². The van der Waals surface area contributed by atoms with Crippen LogP contribution in [0.15, 0.2) is 18.2 Å². The number of halogens is 3. The van der Waals surface area contributed by atoms with Gasteiger partial charge in [0.15, 0.2) is 11.5 Å². The van der Waals surface area contributed by atoms with Crippen LogP contribution in [0, 0.1) is 0 Å². The van der Waals surface area contributed by atoms with Crippen molar-refractivity contribution in [1.29, 1.82) is 0 Å². The van der Waals surface area contributed by atoms with E-state index in [0.29, 0.717) is 43.2 Å². The van der Waals surface area contributed by atoms with Crippen LogP contribution in [-0.4, -0.2) is 51.5 Å². The van der Waals surface area contributed by atoms with E-state index in [0.717, 1.165) is 0 Å². The summed E-state index contributed by atoms with van der Waals surface area (Å²) < 4.78 is 49.7. The number of ether oxygens (including phenoxy) is 2. The molecule has 1 fully saturated rings. The van der Waals surface area contributed by atoms with Crippen molar-refractivity contribution >= 4 is 0 Å². The molecule has 1 N–H and O–H groups in total. The normalized spacial score (nSPS) is 18.0. The van der Waals surface area contributed by atoms with Crippen LogP contribution in [0.2, 0.25) is 0 Å².